The second kappa shape index (κ2) is 13.2. The van der Waals surface area contributed by atoms with Crippen molar-refractivity contribution in [1.82, 2.24) is 10.2 Å². The first-order valence-corrected chi connectivity index (χ1v) is 13.9. The molecule has 1 fully saturated rings. The molecule has 0 spiro atoms. The highest BCUT2D eigenvalue weighted by Gasteiger charge is 2.39. The molecule has 0 bridgehead atoms. The molecule has 1 unspecified atom stereocenters. The number of furan rings is 1. The van der Waals surface area contributed by atoms with Gasteiger partial charge in [0.15, 0.2) is 5.17 Å². The summed E-state index contributed by atoms with van der Waals surface area (Å²) in [5.41, 5.74) is 3.23. The number of amides is 3. The van der Waals surface area contributed by atoms with Crippen molar-refractivity contribution in [3.05, 3.63) is 120 Å². The van der Waals surface area contributed by atoms with Gasteiger partial charge in [-0.3, -0.25) is 14.5 Å². The number of benzene rings is 3. The third-order valence-electron chi connectivity index (χ3n) is 6.32. The average Bonchev–Trinajstić information content (AvgIpc) is 3.61. The van der Waals surface area contributed by atoms with E-state index in [4.69, 9.17) is 9.15 Å². The van der Waals surface area contributed by atoms with Gasteiger partial charge in [-0.15, -0.1) is 0 Å². The highest BCUT2D eigenvalue weighted by molar-refractivity contribution is 8.15. The molecule has 0 saturated carbocycles. The van der Waals surface area contributed by atoms with Crippen molar-refractivity contribution in [2.75, 3.05) is 5.32 Å². The molecule has 42 heavy (non-hydrogen) atoms. The van der Waals surface area contributed by atoms with Gasteiger partial charge in [-0.25, -0.2) is 14.2 Å². The highest BCUT2D eigenvalue weighted by atomic mass is 32.2. The quantitative estimate of drug-likeness (QED) is 0.242. The van der Waals surface area contributed by atoms with Gasteiger partial charge in [-0.05, 0) is 54.4 Å². The van der Waals surface area contributed by atoms with Crippen LogP contribution in [0.5, 0.6) is 0 Å². The van der Waals surface area contributed by atoms with Crippen LogP contribution in [-0.4, -0.2) is 34.0 Å². The SMILES string of the molecule is C[C@H](NC(=O)OCc1ccccc1)C(=O)Nc1ccc(C2SC(=Nc3cccc(F)c3)N(Cc3ccoc3)C2=O)cc1. The molecule has 0 aliphatic carbocycles. The molecular formula is C31H27FN4O5S. The smallest absolute Gasteiger partial charge is 0.408 e. The summed E-state index contributed by atoms with van der Waals surface area (Å²) in [7, 11) is 0. The molecule has 3 amide bonds. The van der Waals surface area contributed by atoms with Gasteiger partial charge in [-0.2, -0.15) is 0 Å². The van der Waals surface area contributed by atoms with Crippen LogP contribution in [0.4, 0.5) is 20.6 Å². The molecule has 2 N–H and O–H groups in total. The third-order valence-corrected chi connectivity index (χ3v) is 7.55. The molecule has 214 valence electrons. The summed E-state index contributed by atoms with van der Waals surface area (Å²) in [6.07, 6.45) is 2.38. The van der Waals surface area contributed by atoms with E-state index < -0.39 is 29.1 Å². The molecular weight excluding hydrogens is 559 g/mol. The number of hydrogen-bond acceptors (Lipinski definition) is 7. The maximum Gasteiger partial charge on any atom is 0.408 e. The monoisotopic (exact) mass is 586 g/mol. The molecule has 0 radical (unpaired) electrons. The molecule has 9 nitrogen and oxygen atoms in total. The van der Waals surface area contributed by atoms with Gasteiger partial charge >= 0.3 is 6.09 Å². The van der Waals surface area contributed by atoms with Crippen molar-refractivity contribution < 1.29 is 27.9 Å². The number of ether oxygens (including phenoxy) is 1. The summed E-state index contributed by atoms with van der Waals surface area (Å²) in [6.45, 7) is 1.89. The normalized spacial score (nSPS) is 16.3. The predicted molar refractivity (Wildman–Crippen MR) is 157 cm³/mol. The van der Waals surface area contributed by atoms with Gasteiger partial charge in [0, 0.05) is 11.3 Å². The largest absolute Gasteiger partial charge is 0.472 e. The van der Waals surface area contributed by atoms with Crippen LogP contribution >= 0.6 is 11.8 Å². The Morgan fingerprint density at radius 1 is 1.05 bits per heavy atom. The summed E-state index contributed by atoms with van der Waals surface area (Å²) < 4.78 is 24.1. The molecule has 2 atom stereocenters. The fourth-order valence-corrected chi connectivity index (χ4v) is 5.29. The predicted octanol–water partition coefficient (Wildman–Crippen LogP) is 6.18. The summed E-state index contributed by atoms with van der Waals surface area (Å²) in [6, 6.07) is 22.9. The number of nitrogens with zero attached hydrogens (tertiary/aromatic N) is 2. The fraction of sp³-hybridized carbons (Fsp3) is 0.161. The number of thioether (sulfide) groups is 1. The van der Waals surface area contributed by atoms with E-state index in [0.717, 1.165) is 11.1 Å². The lowest BCUT2D eigenvalue weighted by Crippen LogP contribution is -2.41. The zero-order chi connectivity index (χ0) is 29.5. The second-order valence-corrected chi connectivity index (χ2v) is 10.5. The lowest BCUT2D eigenvalue weighted by Gasteiger charge is -2.16. The zero-order valence-corrected chi connectivity index (χ0v) is 23.3. The Kier molecular flexibility index (Phi) is 8.98. The van der Waals surface area contributed by atoms with Gasteiger partial charge < -0.3 is 19.8 Å². The van der Waals surface area contributed by atoms with Crippen LogP contribution < -0.4 is 10.6 Å². The molecule has 5 rings (SSSR count). The number of halogens is 1. The van der Waals surface area contributed by atoms with Gasteiger partial charge in [0.2, 0.25) is 11.8 Å². The van der Waals surface area contributed by atoms with Crippen LogP contribution in [0.1, 0.15) is 28.9 Å². The Hall–Kier alpha value is -4.90. The van der Waals surface area contributed by atoms with E-state index in [1.807, 2.05) is 30.3 Å². The van der Waals surface area contributed by atoms with Crippen molar-refractivity contribution in [3.8, 4) is 0 Å². The first kappa shape index (κ1) is 28.6. The average molecular weight is 587 g/mol. The van der Waals surface area contributed by atoms with E-state index in [1.54, 1.807) is 60.6 Å². The van der Waals surface area contributed by atoms with Crippen molar-refractivity contribution in [2.45, 2.75) is 31.4 Å². The highest BCUT2D eigenvalue weighted by Crippen LogP contribution is 2.41. The minimum Gasteiger partial charge on any atom is -0.472 e. The van der Waals surface area contributed by atoms with Crippen LogP contribution in [0.15, 0.2) is 107 Å². The summed E-state index contributed by atoms with van der Waals surface area (Å²) in [4.78, 5) is 44.4. The Balaban J connectivity index is 1.22. The van der Waals surface area contributed by atoms with Gasteiger partial charge in [0.25, 0.3) is 0 Å². The molecule has 1 aliphatic heterocycles. The minimum absolute atomic E-state index is 0.0918. The number of alkyl carbamates (subject to hydrolysis) is 1. The fourth-order valence-electron chi connectivity index (χ4n) is 4.12. The number of nitrogens with one attached hydrogen (secondary N) is 2. The summed E-state index contributed by atoms with van der Waals surface area (Å²) in [5, 5.41) is 5.12. The Morgan fingerprint density at radius 3 is 2.55 bits per heavy atom. The number of anilines is 1. The molecule has 3 aromatic carbocycles. The van der Waals surface area contributed by atoms with Crippen molar-refractivity contribution in [3.63, 3.8) is 0 Å². The van der Waals surface area contributed by atoms with Gasteiger partial charge in [0.1, 0.15) is 23.7 Å². The second-order valence-electron chi connectivity index (χ2n) is 9.47. The van der Waals surface area contributed by atoms with Crippen LogP contribution in [0.25, 0.3) is 0 Å². The van der Waals surface area contributed by atoms with E-state index in [1.165, 1.54) is 30.2 Å². The zero-order valence-electron chi connectivity index (χ0n) is 22.5. The van der Waals surface area contributed by atoms with E-state index in [9.17, 15) is 18.8 Å². The number of aliphatic imine (C=N–C) groups is 1. The van der Waals surface area contributed by atoms with Crippen molar-refractivity contribution in [1.29, 1.82) is 0 Å². The molecule has 1 aromatic heterocycles. The molecule has 2 heterocycles. The standard InChI is InChI=1S/C31H27FN4O5S/c1-20(33-31(39)41-19-21-6-3-2-4-7-21)28(37)34-25-12-10-23(11-13-25)27-29(38)36(17-22-14-15-40-18-22)30(42-27)35-26-9-5-8-24(32)16-26/h2-16,18,20,27H,17,19H2,1H3,(H,33,39)(H,34,37)/t20-,27?/m0/s1. The number of rotatable bonds is 9. The lowest BCUT2D eigenvalue weighted by molar-refractivity contribution is -0.126. The lowest BCUT2D eigenvalue weighted by atomic mass is 10.1. The van der Waals surface area contributed by atoms with Crippen molar-refractivity contribution >= 4 is 46.2 Å². The van der Waals surface area contributed by atoms with E-state index >= 15 is 0 Å². The van der Waals surface area contributed by atoms with E-state index in [0.29, 0.717) is 22.1 Å². The third kappa shape index (κ3) is 7.24. The Bertz CT molecular complexity index is 1580. The number of carbonyl (C=O) groups excluding carboxylic acids is 3. The Morgan fingerprint density at radius 2 is 1.83 bits per heavy atom. The number of hydrogen-bond donors (Lipinski definition) is 2. The van der Waals surface area contributed by atoms with Crippen LogP contribution in [-0.2, 0) is 27.5 Å². The van der Waals surface area contributed by atoms with Gasteiger partial charge in [0.05, 0.1) is 24.8 Å². The number of amidine groups is 1. The first-order chi connectivity index (χ1) is 20.4. The minimum atomic E-state index is -0.849. The molecule has 4 aromatic rings. The van der Waals surface area contributed by atoms with Gasteiger partial charge in [-0.1, -0.05) is 60.3 Å². The molecule has 11 heteroatoms. The maximum absolute atomic E-state index is 13.8. The Labute approximate surface area is 245 Å². The van der Waals surface area contributed by atoms with Crippen molar-refractivity contribution in [2.24, 2.45) is 4.99 Å². The van der Waals surface area contributed by atoms with Crippen LogP contribution in [0, 0.1) is 5.82 Å². The van der Waals surface area contributed by atoms with E-state index in [-0.39, 0.29) is 19.1 Å². The molecule has 1 saturated heterocycles. The summed E-state index contributed by atoms with van der Waals surface area (Å²) in [5.74, 6) is -1.03. The van der Waals surface area contributed by atoms with Crippen LogP contribution in [0.2, 0.25) is 0 Å². The van der Waals surface area contributed by atoms with E-state index in [2.05, 4.69) is 15.6 Å². The summed E-state index contributed by atoms with van der Waals surface area (Å²) >= 11 is 1.26. The molecule has 1 aliphatic rings. The maximum atomic E-state index is 13.8. The first-order valence-electron chi connectivity index (χ1n) is 13.1. The number of carbonyl (C=O) groups is 3. The van der Waals surface area contributed by atoms with Crippen LogP contribution in [0.3, 0.4) is 0 Å². The topological polar surface area (TPSA) is 113 Å².